The van der Waals surface area contributed by atoms with Gasteiger partial charge in [-0.1, -0.05) is 12.8 Å². The summed E-state index contributed by atoms with van der Waals surface area (Å²) in [6.07, 6.45) is 5.34. The lowest BCUT2D eigenvalue weighted by atomic mass is 10.2. The van der Waals surface area contributed by atoms with Crippen molar-refractivity contribution in [3.63, 3.8) is 0 Å². The summed E-state index contributed by atoms with van der Waals surface area (Å²) < 4.78 is 34.7. The van der Waals surface area contributed by atoms with Gasteiger partial charge in [-0.25, -0.2) is 13.2 Å². The highest BCUT2D eigenvalue weighted by atomic mass is 32.2. The second kappa shape index (κ2) is 9.59. The topological polar surface area (TPSA) is 115 Å². The second-order valence-electron chi connectivity index (χ2n) is 8.55. The van der Waals surface area contributed by atoms with E-state index in [-0.39, 0.29) is 29.3 Å². The maximum absolute atomic E-state index is 13.2. The van der Waals surface area contributed by atoms with Gasteiger partial charge >= 0.3 is 5.69 Å². The largest absolute Gasteiger partial charge is 0.468 e. The number of amides is 1. The van der Waals surface area contributed by atoms with E-state index in [1.807, 2.05) is 0 Å². The van der Waals surface area contributed by atoms with Crippen molar-refractivity contribution < 1.29 is 17.6 Å². The van der Waals surface area contributed by atoms with Crippen LogP contribution in [0.5, 0.6) is 0 Å². The number of furan rings is 1. The van der Waals surface area contributed by atoms with Gasteiger partial charge in [0.15, 0.2) is 0 Å². The molecule has 1 fully saturated rings. The summed E-state index contributed by atoms with van der Waals surface area (Å²) in [5.74, 6) is 0.186. The SMILES string of the molecule is CN(Cc1ccco1)S(=O)(=O)c1ccc2c(c1)c(=O)n(CC(=O)N1CCCCCC1)c(=O)n2C. The Morgan fingerprint density at radius 3 is 2.44 bits per heavy atom. The Kier molecular flexibility index (Phi) is 6.76. The number of hydrogen-bond donors (Lipinski definition) is 0. The maximum Gasteiger partial charge on any atom is 0.331 e. The first-order valence-corrected chi connectivity index (χ1v) is 12.6. The molecule has 3 aromatic rings. The van der Waals surface area contributed by atoms with E-state index in [0.29, 0.717) is 24.4 Å². The first-order valence-electron chi connectivity index (χ1n) is 11.2. The zero-order valence-electron chi connectivity index (χ0n) is 19.3. The van der Waals surface area contributed by atoms with Crippen LogP contribution >= 0.6 is 0 Å². The summed E-state index contributed by atoms with van der Waals surface area (Å²) in [5, 5.41) is 0.0539. The summed E-state index contributed by atoms with van der Waals surface area (Å²) in [6.45, 7) is 0.851. The van der Waals surface area contributed by atoms with Gasteiger partial charge in [0.05, 0.1) is 28.6 Å². The van der Waals surface area contributed by atoms with E-state index in [1.54, 1.807) is 17.0 Å². The van der Waals surface area contributed by atoms with Crippen LogP contribution in [-0.2, 0) is 35.0 Å². The number of carbonyl (C=O) groups excluding carboxylic acids is 1. The minimum atomic E-state index is -3.94. The van der Waals surface area contributed by atoms with Crippen molar-refractivity contribution in [1.29, 1.82) is 0 Å². The number of likely N-dealkylation sites (tertiary alicyclic amines) is 1. The summed E-state index contributed by atoms with van der Waals surface area (Å²) in [5.41, 5.74) is -1.01. The molecule has 3 heterocycles. The second-order valence-corrected chi connectivity index (χ2v) is 10.6. The maximum atomic E-state index is 13.2. The predicted molar refractivity (Wildman–Crippen MR) is 126 cm³/mol. The Labute approximate surface area is 197 Å². The molecular weight excluding hydrogens is 460 g/mol. The van der Waals surface area contributed by atoms with Gasteiger partial charge in [-0.15, -0.1) is 0 Å². The fraction of sp³-hybridized carbons (Fsp3) is 0.435. The lowest BCUT2D eigenvalue weighted by Crippen LogP contribution is -2.44. The Hall–Kier alpha value is -3.18. The molecule has 11 heteroatoms. The Balaban J connectivity index is 1.71. The van der Waals surface area contributed by atoms with Gasteiger partial charge in [-0.3, -0.25) is 18.7 Å². The molecular formula is C23H28N4O6S. The quantitative estimate of drug-likeness (QED) is 0.520. The average molecular weight is 489 g/mol. The van der Waals surface area contributed by atoms with Crippen LogP contribution in [0.15, 0.2) is 55.5 Å². The fourth-order valence-electron chi connectivity index (χ4n) is 4.24. The van der Waals surface area contributed by atoms with Crippen LogP contribution in [0.4, 0.5) is 0 Å². The molecule has 1 aliphatic rings. The number of sulfonamides is 1. The molecule has 34 heavy (non-hydrogen) atoms. The molecule has 1 aromatic carbocycles. The molecule has 0 spiro atoms. The van der Waals surface area contributed by atoms with Gasteiger partial charge in [0.2, 0.25) is 15.9 Å². The molecule has 0 bridgehead atoms. The molecule has 10 nitrogen and oxygen atoms in total. The third-order valence-electron chi connectivity index (χ3n) is 6.24. The van der Waals surface area contributed by atoms with Gasteiger partial charge in [-0.2, -0.15) is 4.31 Å². The molecule has 0 saturated carbocycles. The lowest BCUT2D eigenvalue weighted by molar-refractivity contribution is -0.131. The van der Waals surface area contributed by atoms with Crippen molar-refractivity contribution >= 4 is 26.8 Å². The van der Waals surface area contributed by atoms with Crippen LogP contribution in [0, 0.1) is 0 Å². The minimum Gasteiger partial charge on any atom is -0.468 e. The number of benzene rings is 1. The van der Waals surface area contributed by atoms with Crippen molar-refractivity contribution in [3.05, 3.63) is 63.2 Å². The smallest absolute Gasteiger partial charge is 0.331 e. The molecule has 0 N–H and O–H groups in total. The van der Waals surface area contributed by atoms with Gasteiger partial charge in [0.1, 0.15) is 12.3 Å². The van der Waals surface area contributed by atoms with Crippen molar-refractivity contribution in [2.45, 2.75) is 43.7 Å². The highest BCUT2D eigenvalue weighted by Crippen LogP contribution is 2.20. The molecule has 0 unspecified atom stereocenters. The first kappa shape index (κ1) is 24.0. The van der Waals surface area contributed by atoms with Crippen LogP contribution in [-0.4, -0.2) is 52.8 Å². The molecule has 0 radical (unpaired) electrons. The molecule has 1 amide bonds. The van der Waals surface area contributed by atoms with Gasteiger partial charge in [0, 0.05) is 27.2 Å². The van der Waals surface area contributed by atoms with E-state index < -0.39 is 21.3 Å². The molecule has 1 saturated heterocycles. The van der Waals surface area contributed by atoms with E-state index in [0.717, 1.165) is 34.6 Å². The van der Waals surface area contributed by atoms with E-state index >= 15 is 0 Å². The van der Waals surface area contributed by atoms with E-state index in [4.69, 9.17) is 4.42 Å². The van der Waals surface area contributed by atoms with Gasteiger partial charge in [0.25, 0.3) is 5.56 Å². The summed E-state index contributed by atoms with van der Waals surface area (Å²) in [4.78, 5) is 40.6. The number of aromatic nitrogens is 2. The predicted octanol–water partition coefficient (Wildman–Crippen LogP) is 1.52. The van der Waals surface area contributed by atoms with Crippen molar-refractivity contribution in [1.82, 2.24) is 18.3 Å². The average Bonchev–Trinajstić information content (AvgIpc) is 3.18. The highest BCUT2D eigenvalue weighted by molar-refractivity contribution is 7.89. The summed E-state index contributed by atoms with van der Waals surface area (Å²) >= 11 is 0. The van der Waals surface area contributed by atoms with Crippen LogP contribution < -0.4 is 11.2 Å². The minimum absolute atomic E-state index is 0.0230. The number of rotatable bonds is 6. The Morgan fingerprint density at radius 1 is 1.09 bits per heavy atom. The molecule has 2 aromatic heterocycles. The number of aryl methyl sites for hydroxylation is 1. The molecule has 182 valence electrons. The standard InChI is InChI=1S/C23H28N4O6S/c1-24(15-17-8-7-13-33-17)34(31,32)18-9-10-20-19(14-18)22(29)27(23(30)25(20)2)16-21(28)26-11-5-3-4-6-12-26/h7-10,13-14H,3-6,11-12,15-16H2,1-2H3. The molecule has 1 aliphatic heterocycles. The monoisotopic (exact) mass is 488 g/mol. The third kappa shape index (κ3) is 4.58. The number of carbonyl (C=O) groups is 1. The lowest BCUT2D eigenvalue weighted by Gasteiger charge is -2.21. The van der Waals surface area contributed by atoms with E-state index in [2.05, 4.69) is 0 Å². The summed E-state index contributed by atoms with van der Waals surface area (Å²) in [6, 6.07) is 7.40. The van der Waals surface area contributed by atoms with Crippen molar-refractivity contribution in [2.24, 2.45) is 7.05 Å². The molecule has 4 rings (SSSR count). The van der Waals surface area contributed by atoms with Crippen molar-refractivity contribution in [3.8, 4) is 0 Å². The van der Waals surface area contributed by atoms with Crippen LogP contribution in [0.2, 0.25) is 0 Å². The highest BCUT2D eigenvalue weighted by Gasteiger charge is 2.24. The molecule has 0 atom stereocenters. The fourth-order valence-corrected chi connectivity index (χ4v) is 5.40. The summed E-state index contributed by atoms with van der Waals surface area (Å²) in [7, 11) is -1.03. The van der Waals surface area contributed by atoms with Gasteiger partial charge in [-0.05, 0) is 43.2 Å². The number of fused-ring (bicyclic) bond motifs is 1. The van der Waals surface area contributed by atoms with E-state index in [9.17, 15) is 22.8 Å². The zero-order chi connectivity index (χ0) is 24.5. The Morgan fingerprint density at radius 2 is 1.79 bits per heavy atom. The number of hydrogen-bond acceptors (Lipinski definition) is 6. The molecule has 0 aliphatic carbocycles. The van der Waals surface area contributed by atoms with Gasteiger partial charge < -0.3 is 9.32 Å². The third-order valence-corrected chi connectivity index (χ3v) is 8.04. The zero-order valence-corrected chi connectivity index (χ0v) is 20.1. The van der Waals surface area contributed by atoms with Crippen molar-refractivity contribution in [2.75, 3.05) is 20.1 Å². The van der Waals surface area contributed by atoms with E-state index in [1.165, 1.54) is 43.1 Å². The van der Waals surface area contributed by atoms with Crippen LogP contribution in [0.3, 0.4) is 0 Å². The number of nitrogens with zero attached hydrogens (tertiary/aromatic N) is 4. The van der Waals surface area contributed by atoms with Crippen LogP contribution in [0.1, 0.15) is 31.4 Å². The first-order chi connectivity index (χ1) is 16.2. The van der Waals surface area contributed by atoms with Crippen LogP contribution in [0.25, 0.3) is 10.9 Å². The normalized spacial score (nSPS) is 15.1. The Bertz CT molecular complexity index is 1410.